The van der Waals surface area contributed by atoms with Gasteiger partial charge < -0.3 is 10.5 Å². The molecule has 0 aliphatic heterocycles. The second-order valence-electron chi connectivity index (χ2n) is 2.47. The fourth-order valence-electron chi connectivity index (χ4n) is 1.03. The molecule has 0 unspecified atom stereocenters. The highest BCUT2D eigenvalue weighted by molar-refractivity contribution is 5.35. The molecule has 0 atom stereocenters. The molecule has 0 aliphatic carbocycles. The lowest BCUT2D eigenvalue weighted by Crippen LogP contribution is -1.86. The van der Waals surface area contributed by atoms with E-state index in [1.807, 2.05) is 19.1 Å². The van der Waals surface area contributed by atoms with E-state index in [9.17, 15) is 0 Å². The number of ether oxygens (including phenoxy) is 1. The van der Waals surface area contributed by atoms with Gasteiger partial charge in [0, 0.05) is 0 Å². The summed E-state index contributed by atoms with van der Waals surface area (Å²) in [6.07, 6.45) is 0. The van der Waals surface area contributed by atoms with Crippen molar-refractivity contribution in [3.8, 4) is 5.75 Å². The Labute approximate surface area is 74.4 Å². The van der Waals surface area contributed by atoms with E-state index in [1.165, 1.54) is 18.2 Å². The maximum absolute atomic E-state index is 5.10. The summed E-state index contributed by atoms with van der Waals surface area (Å²) >= 11 is 0. The third kappa shape index (κ3) is 2.93. The number of hydrogen-bond acceptors (Lipinski definition) is 2. The van der Waals surface area contributed by atoms with Crippen LogP contribution in [0.5, 0.6) is 5.75 Å². The molecule has 2 N–H and O–H groups in total. The third-order valence-electron chi connectivity index (χ3n) is 1.55. The lowest BCUT2D eigenvalue weighted by molar-refractivity contribution is 0.411. The second kappa shape index (κ2) is 5.61. The van der Waals surface area contributed by atoms with Crippen molar-refractivity contribution in [2.45, 2.75) is 13.8 Å². The largest absolute Gasteiger partial charge is 0.496 e. The molecule has 0 saturated carbocycles. The highest BCUT2D eigenvalue weighted by Gasteiger charge is 1.94. The van der Waals surface area contributed by atoms with Gasteiger partial charge in [0.05, 0.1) is 7.11 Å². The minimum atomic E-state index is 0.964. The predicted molar refractivity (Wildman–Crippen MR) is 52.6 cm³/mol. The van der Waals surface area contributed by atoms with Crippen LogP contribution < -0.4 is 10.5 Å². The quantitative estimate of drug-likeness (QED) is 0.693. The summed E-state index contributed by atoms with van der Waals surface area (Å²) in [5.74, 6) is 0.964. The molecular formula is C10H17NO. The van der Waals surface area contributed by atoms with E-state index in [1.54, 1.807) is 7.11 Å². The molecule has 2 heteroatoms. The Kier molecular flexibility index (Phi) is 5.13. The van der Waals surface area contributed by atoms with Gasteiger partial charge in [-0.05, 0) is 32.5 Å². The summed E-state index contributed by atoms with van der Waals surface area (Å²) in [4.78, 5) is 0. The monoisotopic (exact) mass is 167 g/mol. The van der Waals surface area contributed by atoms with Crippen LogP contribution in [0.4, 0.5) is 0 Å². The molecule has 68 valence electrons. The van der Waals surface area contributed by atoms with Gasteiger partial charge in [0.2, 0.25) is 0 Å². The smallest absolute Gasteiger partial charge is 0.121 e. The van der Waals surface area contributed by atoms with Crippen LogP contribution in [-0.2, 0) is 0 Å². The Morgan fingerprint density at radius 1 is 1.17 bits per heavy atom. The first kappa shape index (κ1) is 11.0. The molecule has 12 heavy (non-hydrogen) atoms. The Hall–Kier alpha value is -1.02. The summed E-state index contributed by atoms with van der Waals surface area (Å²) in [5, 5.41) is 0. The van der Waals surface area contributed by atoms with Crippen molar-refractivity contribution in [1.29, 1.82) is 0 Å². The van der Waals surface area contributed by atoms with Crippen LogP contribution in [0.15, 0.2) is 18.2 Å². The van der Waals surface area contributed by atoms with E-state index in [-0.39, 0.29) is 0 Å². The first-order chi connectivity index (χ1) is 5.74. The van der Waals surface area contributed by atoms with Gasteiger partial charge >= 0.3 is 0 Å². The summed E-state index contributed by atoms with van der Waals surface area (Å²) < 4.78 is 5.10. The molecule has 1 aromatic rings. The fraction of sp³-hybridized carbons (Fsp3) is 0.400. The Morgan fingerprint density at radius 2 is 1.75 bits per heavy atom. The summed E-state index contributed by atoms with van der Waals surface area (Å²) in [6, 6.07) is 6.15. The van der Waals surface area contributed by atoms with E-state index < -0.39 is 0 Å². The van der Waals surface area contributed by atoms with Crippen molar-refractivity contribution in [2.24, 2.45) is 5.73 Å². The van der Waals surface area contributed by atoms with Crippen LogP contribution >= 0.6 is 0 Å². The second-order valence-corrected chi connectivity index (χ2v) is 2.47. The third-order valence-corrected chi connectivity index (χ3v) is 1.55. The molecule has 0 saturated heterocycles. The Balaban J connectivity index is 0.000000561. The van der Waals surface area contributed by atoms with Crippen molar-refractivity contribution < 1.29 is 4.74 Å². The summed E-state index contributed by atoms with van der Waals surface area (Å²) in [6.45, 7) is 4.12. The molecule has 0 aromatic heterocycles. The van der Waals surface area contributed by atoms with E-state index in [4.69, 9.17) is 4.74 Å². The molecule has 1 rings (SSSR count). The van der Waals surface area contributed by atoms with Crippen LogP contribution in [0.2, 0.25) is 0 Å². The fourth-order valence-corrected chi connectivity index (χ4v) is 1.03. The molecule has 1 aromatic carbocycles. The number of nitrogens with two attached hydrogens (primary N) is 1. The molecule has 0 heterocycles. The maximum Gasteiger partial charge on any atom is 0.121 e. The van der Waals surface area contributed by atoms with Crippen molar-refractivity contribution >= 4 is 0 Å². The van der Waals surface area contributed by atoms with Crippen molar-refractivity contribution in [3.05, 3.63) is 29.3 Å². The highest BCUT2D eigenvalue weighted by atomic mass is 16.5. The van der Waals surface area contributed by atoms with Gasteiger partial charge in [-0.1, -0.05) is 17.7 Å². The minimum Gasteiger partial charge on any atom is -0.496 e. The van der Waals surface area contributed by atoms with Gasteiger partial charge in [0.15, 0.2) is 0 Å². The number of hydrogen-bond donors (Lipinski definition) is 1. The number of benzene rings is 1. The normalized spacial score (nSPS) is 8.42. The van der Waals surface area contributed by atoms with Crippen LogP contribution in [0.1, 0.15) is 11.1 Å². The predicted octanol–water partition coefficient (Wildman–Crippen LogP) is 1.89. The van der Waals surface area contributed by atoms with Crippen molar-refractivity contribution in [1.82, 2.24) is 0 Å². The summed E-state index contributed by atoms with van der Waals surface area (Å²) in [7, 11) is 3.19. The van der Waals surface area contributed by atoms with Crippen LogP contribution in [-0.4, -0.2) is 14.2 Å². The molecule has 0 bridgehead atoms. The molecule has 0 radical (unpaired) electrons. The van der Waals surface area contributed by atoms with Crippen LogP contribution in [0, 0.1) is 13.8 Å². The SMILES string of the molecule is CN.COc1ccc(C)cc1C. The van der Waals surface area contributed by atoms with E-state index in [0.717, 1.165) is 5.75 Å². The molecular weight excluding hydrogens is 150 g/mol. The van der Waals surface area contributed by atoms with Gasteiger partial charge in [-0.2, -0.15) is 0 Å². The average molecular weight is 167 g/mol. The van der Waals surface area contributed by atoms with Gasteiger partial charge in [0.1, 0.15) is 5.75 Å². The van der Waals surface area contributed by atoms with Gasteiger partial charge in [-0.15, -0.1) is 0 Å². The molecule has 0 amide bonds. The lowest BCUT2D eigenvalue weighted by atomic mass is 10.1. The molecule has 0 aliphatic rings. The Morgan fingerprint density at radius 3 is 2.17 bits per heavy atom. The van der Waals surface area contributed by atoms with Crippen molar-refractivity contribution in [2.75, 3.05) is 14.2 Å². The number of aryl methyl sites for hydroxylation is 2. The van der Waals surface area contributed by atoms with E-state index in [2.05, 4.69) is 18.7 Å². The molecule has 0 spiro atoms. The van der Waals surface area contributed by atoms with Crippen LogP contribution in [0.3, 0.4) is 0 Å². The molecule has 2 nitrogen and oxygen atoms in total. The average Bonchev–Trinajstić information content (AvgIpc) is 2.08. The minimum absolute atomic E-state index is 0.964. The first-order valence-corrected chi connectivity index (χ1v) is 3.93. The van der Waals surface area contributed by atoms with Crippen LogP contribution in [0.25, 0.3) is 0 Å². The standard InChI is InChI=1S/C9H12O.CH5N/c1-7-4-5-9(10-3)8(2)6-7;1-2/h4-6H,1-3H3;2H2,1H3. The summed E-state index contributed by atoms with van der Waals surface area (Å²) in [5.41, 5.74) is 6.97. The van der Waals surface area contributed by atoms with Gasteiger partial charge in [0.25, 0.3) is 0 Å². The number of methoxy groups -OCH3 is 1. The number of rotatable bonds is 1. The zero-order valence-electron chi connectivity index (χ0n) is 8.22. The zero-order chi connectivity index (χ0) is 9.56. The lowest BCUT2D eigenvalue weighted by Gasteiger charge is -2.03. The van der Waals surface area contributed by atoms with Gasteiger partial charge in [-0.25, -0.2) is 0 Å². The van der Waals surface area contributed by atoms with Crippen molar-refractivity contribution in [3.63, 3.8) is 0 Å². The first-order valence-electron chi connectivity index (χ1n) is 3.93. The maximum atomic E-state index is 5.10. The highest BCUT2D eigenvalue weighted by Crippen LogP contribution is 2.17. The topological polar surface area (TPSA) is 35.2 Å². The zero-order valence-corrected chi connectivity index (χ0v) is 8.22. The Bertz CT molecular complexity index is 233. The van der Waals surface area contributed by atoms with E-state index in [0.29, 0.717) is 0 Å². The van der Waals surface area contributed by atoms with E-state index >= 15 is 0 Å². The van der Waals surface area contributed by atoms with Gasteiger partial charge in [-0.3, -0.25) is 0 Å². The molecule has 0 fully saturated rings.